The van der Waals surface area contributed by atoms with E-state index < -0.39 is 0 Å². The molecule has 5 nitrogen and oxygen atoms in total. The van der Waals surface area contributed by atoms with Crippen molar-refractivity contribution in [2.45, 2.75) is 6.92 Å². The SMILES string of the molecule is Cc1c(C(=O)c2ccc3scnc3c2N)cnn1C. The molecule has 2 heterocycles. The van der Waals surface area contributed by atoms with Gasteiger partial charge in [-0.2, -0.15) is 5.10 Å². The Hall–Kier alpha value is -2.21. The zero-order chi connectivity index (χ0) is 13.6. The Morgan fingerprint density at radius 3 is 2.84 bits per heavy atom. The van der Waals surface area contributed by atoms with E-state index in [0.29, 0.717) is 22.3 Å². The van der Waals surface area contributed by atoms with Gasteiger partial charge >= 0.3 is 0 Å². The van der Waals surface area contributed by atoms with E-state index in [9.17, 15) is 4.79 Å². The van der Waals surface area contributed by atoms with Crippen molar-refractivity contribution in [3.8, 4) is 0 Å². The summed E-state index contributed by atoms with van der Waals surface area (Å²) in [7, 11) is 1.80. The number of nitrogen functional groups attached to an aromatic ring is 1. The van der Waals surface area contributed by atoms with E-state index in [1.54, 1.807) is 29.5 Å². The molecule has 0 aliphatic carbocycles. The summed E-state index contributed by atoms with van der Waals surface area (Å²) in [6.07, 6.45) is 1.57. The molecule has 19 heavy (non-hydrogen) atoms. The number of rotatable bonds is 2. The third-order valence-electron chi connectivity index (χ3n) is 3.27. The molecule has 0 spiro atoms. The predicted molar refractivity (Wildman–Crippen MR) is 75.4 cm³/mol. The smallest absolute Gasteiger partial charge is 0.198 e. The highest BCUT2D eigenvalue weighted by atomic mass is 32.1. The van der Waals surface area contributed by atoms with Crippen LogP contribution in [0.15, 0.2) is 23.8 Å². The summed E-state index contributed by atoms with van der Waals surface area (Å²) < 4.78 is 2.65. The Balaban J connectivity index is 2.16. The molecule has 96 valence electrons. The minimum absolute atomic E-state index is 0.113. The fourth-order valence-corrected chi connectivity index (χ4v) is 2.71. The lowest BCUT2D eigenvalue weighted by atomic mass is 10.0. The monoisotopic (exact) mass is 272 g/mol. The van der Waals surface area contributed by atoms with Crippen molar-refractivity contribution in [2.75, 3.05) is 5.73 Å². The number of fused-ring (bicyclic) bond motifs is 1. The van der Waals surface area contributed by atoms with Gasteiger partial charge in [0.15, 0.2) is 5.78 Å². The van der Waals surface area contributed by atoms with Gasteiger partial charge in [0.25, 0.3) is 0 Å². The molecular weight excluding hydrogens is 260 g/mol. The molecule has 0 radical (unpaired) electrons. The van der Waals surface area contributed by atoms with Crippen LogP contribution in [0.2, 0.25) is 0 Å². The minimum Gasteiger partial charge on any atom is -0.396 e. The third kappa shape index (κ3) is 1.72. The Labute approximate surface area is 113 Å². The standard InChI is InChI=1S/C13H12N4OS/c1-7-9(5-16-17(7)2)13(18)8-3-4-10-12(11(8)14)15-6-19-10/h3-6H,14H2,1-2H3. The van der Waals surface area contributed by atoms with Gasteiger partial charge < -0.3 is 5.73 Å². The summed E-state index contributed by atoms with van der Waals surface area (Å²) in [6.45, 7) is 1.86. The number of benzene rings is 1. The highest BCUT2D eigenvalue weighted by Crippen LogP contribution is 2.28. The molecule has 0 fully saturated rings. The van der Waals surface area contributed by atoms with Gasteiger partial charge in [-0.05, 0) is 19.1 Å². The van der Waals surface area contributed by atoms with Crippen molar-refractivity contribution >= 4 is 33.0 Å². The summed E-state index contributed by atoms with van der Waals surface area (Å²) in [6, 6.07) is 3.63. The van der Waals surface area contributed by atoms with Crippen molar-refractivity contribution < 1.29 is 4.79 Å². The Bertz CT molecular complexity index is 787. The first kappa shape index (κ1) is 11.9. The first-order valence-corrected chi connectivity index (χ1v) is 6.62. The van der Waals surface area contributed by atoms with Crippen LogP contribution in [0, 0.1) is 6.92 Å². The highest BCUT2D eigenvalue weighted by Gasteiger charge is 2.19. The Morgan fingerprint density at radius 1 is 1.37 bits per heavy atom. The number of aryl methyl sites for hydroxylation is 1. The fraction of sp³-hybridized carbons (Fsp3) is 0.154. The second kappa shape index (κ2) is 4.17. The molecule has 6 heteroatoms. The van der Waals surface area contributed by atoms with E-state index in [1.165, 1.54) is 11.3 Å². The molecule has 0 atom stereocenters. The van der Waals surface area contributed by atoms with Crippen LogP contribution < -0.4 is 5.73 Å². The summed E-state index contributed by atoms with van der Waals surface area (Å²) >= 11 is 1.51. The number of aromatic nitrogens is 3. The normalized spacial score (nSPS) is 11.1. The molecule has 2 N–H and O–H groups in total. The summed E-state index contributed by atoms with van der Waals surface area (Å²) in [4.78, 5) is 16.7. The van der Waals surface area contributed by atoms with Crippen molar-refractivity contribution in [2.24, 2.45) is 7.05 Å². The van der Waals surface area contributed by atoms with Crippen LogP contribution in [-0.4, -0.2) is 20.5 Å². The van der Waals surface area contributed by atoms with Gasteiger partial charge in [-0.25, -0.2) is 4.98 Å². The number of anilines is 1. The number of ketones is 1. The maximum atomic E-state index is 12.5. The highest BCUT2D eigenvalue weighted by molar-refractivity contribution is 7.16. The minimum atomic E-state index is -0.113. The van der Waals surface area contributed by atoms with Crippen molar-refractivity contribution in [3.63, 3.8) is 0 Å². The maximum Gasteiger partial charge on any atom is 0.198 e. The molecule has 3 aromatic rings. The predicted octanol–water partition coefficient (Wildman–Crippen LogP) is 2.15. The van der Waals surface area contributed by atoms with E-state index in [1.807, 2.05) is 13.0 Å². The first-order valence-electron chi connectivity index (χ1n) is 5.74. The molecule has 0 aliphatic rings. The molecule has 2 aromatic heterocycles. The lowest BCUT2D eigenvalue weighted by Gasteiger charge is -2.05. The molecule has 0 bridgehead atoms. The van der Waals surface area contributed by atoms with E-state index in [0.717, 1.165) is 10.4 Å². The number of thiazole rings is 1. The van der Waals surface area contributed by atoms with Crippen LogP contribution in [0.4, 0.5) is 5.69 Å². The molecule has 3 rings (SSSR count). The number of hydrogen-bond acceptors (Lipinski definition) is 5. The Kier molecular flexibility index (Phi) is 2.60. The van der Waals surface area contributed by atoms with E-state index >= 15 is 0 Å². The van der Waals surface area contributed by atoms with Crippen LogP contribution in [-0.2, 0) is 7.05 Å². The zero-order valence-electron chi connectivity index (χ0n) is 10.5. The topological polar surface area (TPSA) is 73.8 Å². The van der Waals surface area contributed by atoms with Crippen LogP contribution in [0.3, 0.4) is 0 Å². The first-order chi connectivity index (χ1) is 9.09. The van der Waals surface area contributed by atoms with Gasteiger partial charge in [-0.1, -0.05) is 0 Å². The van der Waals surface area contributed by atoms with Crippen LogP contribution in [0.5, 0.6) is 0 Å². The summed E-state index contributed by atoms with van der Waals surface area (Å²) in [5, 5.41) is 4.09. The lowest BCUT2D eigenvalue weighted by molar-refractivity contribution is 0.103. The molecule has 0 unspecified atom stereocenters. The molecule has 0 aliphatic heterocycles. The fourth-order valence-electron chi connectivity index (χ4n) is 2.02. The van der Waals surface area contributed by atoms with Crippen molar-refractivity contribution in [1.29, 1.82) is 0 Å². The van der Waals surface area contributed by atoms with E-state index in [4.69, 9.17) is 5.73 Å². The largest absolute Gasteiger partial charge is 0.396 e. The number of nitrogens with two attached hydrogens (primary N) is 1. The molecule has 0 saturated carbocycles. The second-order valence-corrected chi connectivity index (χ2v) is 5.21. The molecule has 0 saturated heterocycles. The second-order valence-electron chi connectivity index (χ2n) is 4.32. The van der Waals surface area contributed by atoms with E-state index in [-0.39, 0.29) is 5.78 Å². The van der Waals surface area contributed by atoms with Gasteiger partial charge in [0, 0.05) is 18.3 Å². The zero-order valence-corrected chi connectivity index (χ0v) is 11.4. The van der Waals surface area contributed by atoms with Gasteiger partial charge in [0.1, 0.15) is 5.52 Å². The number of hydrogen-bond donors (Lipinski definition) is 1. The van der Waals surface area contributed by atoms with Gasteiger partial charge in [0.05, 0.1) is 27.7 Å². The molecule has 0 amide bonds. The molecular formula is C13H12N4OS. The molecule has 1 aromatic carbocycles. The average Bonchev–Trinajstić information content (AvgIpc) is 2.98. The van der Waals surface area contributed by atoms with Crippen molar-refractivity contribution in [3.05, 3.63) is 40.7 Å². The number of carbonyl (C=O) groups is 1. The quantitative estimate of drug-likeness (QED) is 0.573. The Morgan fingerprint density at radius 2 is 2.16 bits per heavy atom. The van der Waals surface area contributed by atoms with Crippen LogP contribution in [0.25, 0.3) is 10.2 Å². The average molecular weight is 272 g/mol. The van der Waals surface area contributed by atoms with Crippen LogP contribution >= 0.6 is 11.3 Å². The van der Waals surface area contributed by atoms with Gasteiger partial charge in [-0.15, -0.1) is 11.3 Å². The number of nitrogens with zero attached hydrogens (tertiary/aromatic N) is 3. The van der Waals surface area contributed by atoms with Crippen LogP contribution in [0.1, 0.15) is 21.6 Å². The number of carbonyl (C=O) groups excluding carboxylic acids is 1. The summed E-state index contributed by atoms with van der Waals surface area (Å²) in [5.41, 5.74) is 10.8. The maximum absolute atomic E-state index is 12.5. The lowest BCUT2D eigenvalue weighted by Crippen LogP contribution is -2.07. The van der Waals surface area contributed by atoms with Gasteiger partial charge in [-0.3, -0.25) is 9.48 Å². The summed E-state index contributed by atoms with van der Waals surface area (Å²) in [5.74, 6) is -0.113. The van der Waals surface area contributed by atoms with Crippen molar-refractivity contribution in [1.82, 2.24) is 14.8 Å². The third-order valence-corrected chi connectivity index (χ3v) is 4.06. The van der Waals surface area contributed by atoms with Gasteiger partial charge in [0.2, 0.25) is 0 Å². The van der Waals surface area contributed by atoms with E-state index in [2.05, 4.69) is 10.1 Å².